The summed E-state index contributed by atoms with van der Waals surface area (Å²) in [4.78, 5) is 28.5. The molecule has 1 amide bonds. The molecule has 0 saturated carbocycles. The first-order valence-electron chi connectivity index (χ1n) is 8.29. The summed E-state index contributed by atoms with van der Waals surface area (Å²) in [7, 11) is 0. The van der Waals surface area contributed by atoms with E-state index in [0.29, 0.717) is 22.4 Å². The summed E-state index contributed by atoms with van der Waals surface area (Å²) in [6.45, 7) is 1.75. The minimum absolute atomic E-state index is 0.112. The van der Waals surface area contributed by atoms with Crippen molar-refractivity contribution in [3.63, 3.8) is 0 Å². The van der Waals surface area contributed by atoms with Gasteiger partial charge in [0.05, 0.1) is 5.52 Å². The molecule has 7 nitrogen and oxygen atoms in total. The minimum atomic E-state index is -0.348. The van der Waals surface area contributed by atoms with Crippen LogP contribution in [0.25, 0.3) is 11.1 Å². The van der Waals surface area contributed by atoms with E-state index < -0.39 is 0 Å². The number of aromatic nitrogens is 2. The second kappa shape index (κ2) is 6.52. The molecule has 0 unspecified atom stereocenters. The average molecular weight is 338 g/mol. The molecule has 1 aliphatic rings. The monoisotopic (exact) mass is 338 g/mol. The second-order valence-electron chi connectivity index (χ2n) is 6.09. The fourth-order valence-corrected chi connectivity index (χ4v) is 3.23. The van der Waals surface area contributed by atoms with Gasteiger partial charge in [-0.1, -0.05) is 0 Å². The van der Waals surface area contributed by atoms with Gasteiger partial charge in [-0.15, -0.1) is 0 Å². The van der Waals surface area contributed by atoms with E-state index in [1.807, 2.05) is 0 Å². The maximum Gasteiger partial charge on any atom is 0.420 e. The molecule has 2 aromatic heterocycles. The molecule has 128 valence electrons. The summed E-state index contributed by atoms with van der Waals surface area (Å²) in [6.07, 6.45) is 4.90. The van der Waals surface area contributed by atoms with Crippen molar-refractivity contribution in [2.75, 3.05) is 18.4 Å². The first-order valence-corrected chi connectivity index (χ1v) is 8.29. The Morgan fingerprint density at radius 2 is 1.96 bits per heavy atom. The lowest BCUT2D eigenvalue weighted by Gasteiger charge is -2.23. The summed E-state index contributed by atoms with van der Waals surface area (Å²) >= 11 is 0. The zero-order valence-electron chi connectivity index (χ0n) is 13.6. The molecule has 0 bridgehead atoms. The SMILES string of the molecule is O=C(Nc1ccc2oc(=O)n(C3CCNCC3)c2c1)c1ccncc1. The number of anilines is 1. The van der Waals surface area contributed by atoms with Crippen LogP contribution in [0.2, 0.25) is 0 Å². The predicted molar refractivity (Wildman–Crippen MR) is 93.8 cm³/mol. The highest BCUT2D eigenvalue weighted by molar-refractivity contribution is 6.04. The molecule has 25 heavy (non-hydrogen) atoms. The molecule has 1 saturated heterocycles. The van der Waals surface area contributed by atoms with Gasteiger partial charge in [0.2, 0.25) is 0 Å². The van der Waals surface area contributed by atoms with Crippen LogP contribution in [0.15, 0.2) is 51.9 Å². The highest BCUT2D eigenvalue weighted by Gasteiger charge is 2.21. The van der Waals surface area contributed by atoms with Gasteiger partial charge in [0, 0.05) is 29.7 Å². The fraction of sp³-hybridized carbons (Fsp3) is 0.278. The van der Waals surface area contributed by atoms with Gasteiger partial charge in [-0.3, -0.25) is 14.3 Å². The minimum Gasteiger partial charge on any atom is -0.408 e. The van der Waals surface area contributed by atoms with Gasteiger partial charge in [-0.25, -0.2) is 4.79 Å². The van der Waals surface area contributed by atoms with Crippen molar-refractivity contribution in [2.24, 2.45) is 0 Å². The Kier molecular flexibility index (Phi) is 4.07. The van der Waals surface area contributed by atoms with Crippen LogP contribution in [0, 0.1) is 0 Å². The predicted octanol–water partition coefficient (Wildman–Crippen LogP) is 2.17. The molecule has 4 rings (SSSR count). The van der Waals surface area contributed by atoms with Crippen molar-refractivity contribution in [3.05, 3.63) is 58.8 Å². The number of rotatable bonds is 3. The Morgan fingerprint density at radius 3 is 2.72 bits per heavy atom. The van der Waals surface area contributed by atoms with Crippen LogP contribution in [0.5, 0.6) is 0 Å². The van der Waals surface area contributed by atoms with Crippen LogP contribution >= 0.6 is 0 Å². The quantitative estimate of drug-likeness (QED) is 0.764. The molecule has 0 radical (unpaired) electrons. The van der Waals surface area contributed by atoms with Gasteiger partial charge in [-0.05, 0) is 56.3 Å². The van der Waals surface area contributed by atoms with Crippen LogP contribution in [0.4, 0.5) is 5.69 Å². The maximum absolute atomic E-state index is 12.3. The molecule has 0 spiro atoms. The van der Waals surface area contributed by atoms with Crippen molar-refractivity contribution in [1.29, 1.82) is 0 Å². The number of oxazole rings is 1. The smallest absolute Gasteiger partial charge is 0.408 e. The third-order valence-electron chi connectivity index (χ3n) is 4.49. The molecule has 3 heterocycles. The number of nitrogens with zero attached hydrogens (tertiary/aromatic N) is 2. The first-order chi connectivity index (χ1) is 12.2. The van der Waals surface area contributed by atoms with E-state index in [9.17, 15) is 9.59 Å². The first kappa shape index (κ1) is 15.6. The summed E-state index contributed by atoms with van der Waals surface area (Å²) < 4.78 is 7.07. The number of carbonyl (C=O) groups excluding carboxylic acids is 1. The number of carbonyl (C=O) groups is 1. The van der Waals surface area contributed by atoms with Gasteiger partial charge in [0.25, 0.3) is 5.91 Å². The number of benzene rings is 1. The third kappa shape index (κ3) is 3.06. The van der Waals surface area contributed by atoms with E-state index in [1.165, 1.54) is 0 Å². The largest absolute Gasteiger partial charge is 0.420 e. The van der Waals surface area contributed by atoms with Crippen LogP contribution in [-0.4, -0.2) is 28.5 Å². The number of amides is 1. The van der Waals surface area contributed by atoms with Crippen molar-refractivity contribution < 1.29 is 9.21 Å². The Labute approximate surface area is 143 Å². The van der Waals surface area contributed by atoms with Crippen molar-refractivity contribution in [2.45, 2.75) is 18.9 Å². The van der Waals surface area contributed by atoms with Crippen LogP contribution in [0.3, 0.4) is 0 Å². The van der Waals surface area contributed by atoms with Crippen molar-refractivity contribution in [3.8, 4) is 0 Å². The number of nitrogens with one attached hydrogen (secondary N) is 2. The van der Waals surface area contributed by atoms with Crippen molar-refractivity contribution >= 4 is 22.7 Å². The molecule has 2 N–H and O–H groups in total. The molecule has 1 fully saturated rings. The molecule has 1 aliphatic heterocycles. The van der Waals surface area contributed by atoms with Crippen LogP contribution < -0.4 is 16.4 Å². The zero-order chi connectivity index (χ0) is 17.2. The Hall–Kier alpha value is -2.93. The molecule has 1 aromatic carbocycles. The number of piperidine rings is 1. The lowest BCUT2D eigenvalue weighted by Crippen LogP contribution is -2.32. The number of fused-ring (bicyclic) bond motifs is 1. The molecule has 0 atom stereocenters. The van der Waals surface area contributed by atoms with Crippen LogP contribution in [-0.2, 0) is 0 Å². The highest BCUT2D eigenvalue weighted by Crippen LogP contribution is 2.25. The summed E-state index contributed by atoms with van der Waals surface area (Å²) in [5.74, 6) is -0.569. The van der Waals surface area contributed by atoms with Gasteiger partial charge in [0.15, 0.2) is 5.58 Å². The molecule has 3 aromatic rings. The molecular formula is C18H18N4O3. The van der Waals surface area contributed by atoms with E-state index in [-0.39, 0.29) is 17.7 Å². The lowest BCUT2D eigenvalue weighted by atomic mass is 10.1. The highest BCUT2D eigenvalue weighted by atomic mass is 16.4. The lowest BCUT2D eigenvalue weighted by molar-refractivity contribution is 0.102. The van der Waals surface area contributed by atoms with E-state index >= 15 is 0 Å². The van der Waals surface area contributed by atoms with Gasteiger partial charge >= 0.3 is 5.76 Å². The number of hydrogen-bond acceptors (Lipinski definition) is 5. The van der Waals surface area contributed by atoms with E-state index in [0.717, 1.165) is 25.9 Å². The van der Waals surface area contributed by atoms with Gasteiger partial charge < -0.3 is 15.1 Å². The van der Waals surface area contributed by atoms with Gasteiger partial charge in [-0.2, -0.15) is 0 Å². The summed E-state index contributed by atoms with van der Waals surface area (Å²) in [5, 5.41) is 6.15. The molecule has 0 aliphatic carbocycles. The summed E-state index contributed by atoms with van der Waals surface area (Å²) in [6, 6.07) is 8.66. The van der Waals surface area contributed by atoms with E-state index in [4.69, 9.17) is 4.42 Å². The fourth-order valence-electron chi connectivity index (χ4n) is 3.23. The normalized spacial score (nSPS) is 15.4. The Balaban J connectivity index is 1.67. The van der Waals surface area contributed by atoms with Crippen molar-refractivity contribution in [1.82, 2.24) is 14.9 Å². The van der Waals surface area contributed by atoms with Gasteiger partial charge in [0.1, 0.15) is 0 Å². The molecule has 7 heteroatoms. The third-order valence-corrected chi connectivity index (χ3v) is 4.49. The second-order valence-corrected chi connectivity index (χ2v) is 6.09. The standard InChI is InChI=1S/C18H18N4O3/c23-17(12-3-7-19-8-4-12)21-13-1-2-16-15(11-13)22(18(24)25-16)14-5-9-20-10-6-14/h1-4,7-8,11,14,20H,5-6,9-10H2,(H,21,23). The van der Waals surface area contributed by atoms with E-state index in [1.54, 1.807) is 47.3 Å². The van der Waals surface area contributed by atoms with Crippen LogP contribution in [0.1, 0.15) is 29.2 Å². The Morgan fingerprint density at radius 1 is 1.20 bits per heavy atom. The number of pyridine rings is 1. The zero-order valence-corrected chi connectivity index (χ0v) is 13.6. The number of hydrogen-bond donors (Lipinski definition) is 2. The maximum atomic E-state index is 12.3. The topological polar surface area (TPSA) is 89.2 Å². The molecular weight excluding hydrogens is 320 g/mol. The average Bonchev–Trinajstić information content (AvgIpc) is 2.98. The Bertz CT molecular complexity index is 955. The summed E-state index contributed by atoms with van der Waals surface area (Å²) in [5.41, 5.74) is 2.39. The van der Waals surface area contributed by atoms with E-state index in [2.05, 4.69) is 15.6 Å².